The summed E-state index contributed by atoms with van der Waals surface area (Å²) in [4.78, 5) is 30.9. The fraction of sp³-hybridized carbons (Fsp3) is 0.111. The summed E-state index contributed by atoms with van der Waals surface area (Å²) in [5, 5.41) is 4.94. The van der Waals surface area contributed by atoms with Crippen molar-refractivity contribution < 1.29 is 0 Å². The van der Waals surface area contributed by atoms with Gasteiger partial charge in [-0.3, -0.25) is 0 Å². The lowest BCUT2D eigenvalue weighted by atomic mass is 9.72. The van der Waals surface area contributed by atoms with E-state index >= 15 is 0 Å². The number of aromatic nitrogens is 8. The molecule has 8 nitrogen and oxygen atoms in total. The Morgan fingerprint density at radius 2 is 0.738 bits per heavy atom. The zero-order valence-corrected chi connectivity index (χ0v) is 44.7. The molecule has 0 radical (unpaired) electrons. The molecule has 6 heterocycles. The number of hydrogen-bond acceptors (Lipinski definition) is 6. The maximum atomic E-state index is 5.25. The predicted molar refractivity (Wildman–Crippen MR) is 324 cm³/mol. The van der Waals surface area contributed by atoms with E-state index in [-0.39, 0.29) is 5.92 Å². The Kier molecular flexibility index (Phi) is 9.99. The van der Waals surface area contributed by atoms with Crippen LogP contribution in [0.25, 0.3) is 123 Å². The number of allylic oxidation sites excluding steroid dienone is 4. The highest BCUT2D eigenvalue weighted by atomic mass is 15.1. The summed E-state index contributed by atoms with van der Waals surface area (Å²) in [5.41, 5.74) is 18.5. The second-order valence-electron chi connectivity index (χ2n) is 22.7. The molecule has 1 unspecified atom stereocenters. The Morgan fingerprint density at radius 1 is 0.350 bits per heavy atom. The van der Waals surface area contributed by atoms with Gasteiger partial charge in [0.1, 0.15) is 5.82 Å². The van der Waals surface area contributed by atoms with Crippen LogP contribution in [0.5, 0.6) is 0 Å². The fourth-order valence-electron chi connectivity index (χ4n) is 13.1. The predicted octanol–water partition coefficient (Wildman–Crippen LogP) is 17.1. The molecule has 16 rings (SSSR count). The van der Waals surface area contributed by atoms with E-state index in [1.807, 2.05) is 54.6 Å². The van der Waals surface area contributed by atoms with Gasteiger partial charge in [0, 0.05) is 66.1 Å². The largest absolute Gasteiger partial charge is 0.309 e. The molecular weight excluding hydrogens is 977 g/mol. The molecule has 13 aromatic rings. The number of rotatable bonds is 7. The highest BCUT2D eigenvalue weighted by Gasteiger charge is 2.39. The van der Waals surface area contributed by atoms with Gasteiger partial charge in [-0.05, 0) is 113 Å². The smallest absolute Gasteiger partial charge is 0.164 e. The Morgan fingerprint density at radius 3 is 1.18 bits per heavy atom. The Balaban J connectivity index is 0.872. The van der Waals surface area contributed by atoms with Crippen molar-refractivity contribution in [3.05, 3.63) is 253 Å². The van der Waals surface area contributed by atoms with Gasteiger partial charge < -0.3 is 9.13 Å². The summed E-state index contributed by atoms with van der Waals surface area (Å²) in [7, 11) is 0. The molecule has 4 aromatic heterocycles. The van der Waals surface area contributed by atoms with Crippen LogP contribution in [0, 0.1) is 0 Å². The maximum absolute atomic E-state index is 5.25. The summed E-state index contributed by atoms with van der Waals surface area (Å²) < 4.78 is 4.99. The van der Waals surface area contributed by atoms with Gasteiger partial charge in [-0.2, -0.15) is 0 Å². The van der Waals surface area contributed by atoms with Crippen LogP contribution in [-0.4, -0.2) is 39.0 Å². The molecule has 80 heavy (non-hydrogen) atoms. The van der Waals surface area contributed by atoms with Crippen molar-refractivity contribution in [2.24, 2.45) is 0 Å². The van der Waals surface area contributed by atoms with Gasteiger partial charge >= 0.3 is 0 Å². The average molecular weight is 1030 g/mol. The lowest BCUT2D eigenvalue weighted by Crippen LogP contribution is -2.27. The van der Waals surface area contributed by atoms with E-state index in [4.69, 9.17) is 29.9 Å². The van der Waals surface area contributed by atoms with Crippen LogP contribution in [0.1, 0.15) is 68.1 Å². The van der Waals surface area contributed by atoms with E-state index in [1.54, 1.807) is 0 Å². The third kappa shape index (κ3) is 6.94. The van der Waals surface area contributed by atoms with Gasteiger partial charge in [-0.1, -0.05) is 179 Å². The molecule has 8 heteroatoms. The van der Waals surface area contributed by atoms with Crippen molar-refractivity contribution in [3.8, 4) is 79.4 Å². The van der Waals surface area contributed by atoms with Crippen LogP contribution in [0.2, 0.25) is 0 Å². The average Bonchev–Trinajstić information content (AvgIpc) is 4.19. The SMILES string of the molecule is CC1(C)c2cc(-c3nc(-c4ccccc4)nc(-c4ccccc4)n3)ccc2-n2c3ccccc3c3cc(-c4cc5c6c(c4)c4ccccc4n6-c4ccc(-c6nc(-c7ccccc7)nc(C7C=CC=CC7)n6)cc4C5(C)C)cc1c32. The number of hydrogen-bond donors (Lipinski definition) is 0. The normalized spacial score (nSPS) is 15.4. The molecule has 2 aliphatic heterocycles. The van der Waals surface area contributed by atoms with E-state index in [9.17, 15) is 0 Å². The van der Waals surface area contributed by atoms with Gasteiger partial charge in [0.25, 0.3) is 0 Å². The lowest BCUT2D eigenvalue weighted by molar-refractivity contribution is 0.629. The molecule has 0 amide bonds. The minimum absolute atomic E-state index is 0.0650. The highest BCUT2D eigenvalue weighted by molar-refractivity contribution is 6.15. The molecule has 0 N–H and O–H groups in total. The molecule has 380 valence electrons. The molecular formula is C72H52N8. The second kappa shape index (κ2) is 17.3. The summed E-state index contributed by atoms with van der Waals surface area (Å²) in [6, 6.07) is 71.9. The second-order valence-corrected chi connectivity index (χ2v) is 22.7. The highest BCUT2D eigenvalue weighted by Crippen LogP contribution is 2.53. The van der Waals surface area contributed by atoms with Crippen molar-refractivity contribution >= 4 is 43.6 Å². The number of para-hydroxylation sites is 2. The summed E-state index contributed by atoms with van der Waals surface area (Å²) in [6.07, 6.45) is 9.43. The standard InChI is InChI=1S/C72H52N8/c1-71(2)55-39-47(69-75-65(43-21-9-5-10-22-43)73-66(76-69)44-23-11-6-12-24-44)33-35-61(55)79-59-31-19-17-29-51(59)53-37-49(41-57(71)63(53)79)50-38-54-52-30-18-20-32-60(52)80-62-36-34-48(40-56(62)72(3,4)58(42-50)64(54)80)70-77-67(45-25-13-7-14-26-45)74-68(78-70)46-27-15-8-16-28-46/h5-27,29-42,46H,28H2,1-4H3. The van der Waals surface area contributed by atoms with Crippen molar-refractivity contribution in [1.82, 2.24) is 39.0 Å². The van der Waals surface area contributed by atoms with E-state index < -0.39 is 10.8 Å². The zero-order valence-electron chi connectivity index (χ0n) is 44.7. The summed E-state index contributed by atoms with van der Waals surface area (Å²) in [6.45, 7) is 9.54. The molecule has 0 spiro atoms. The van der Waals surface area contributed by atoms with Gasteiger partial charge in [0.2, 0.25) is 0 Å². The van der Waals surface area contributed by atoms with Crippen LogP contribution in [0.15, 0.2) is 224 Å². The third-order valence-electron chi connectivity index (χ3n) is 17.3. The Labute approximate surface area is 463 Å². The molecule has 0 saturated carbocycles. The zero-order chi connectivity index (χ0) is 53.4. The first kappa shape index (κ1) is 46.2. The number of fused-ring (bicyclic) bond motifs is 10. The van der Waals surface area contributed by atoms with Crippen molar-refractivity contribution in [2.75, 3.05) is 0 Å². The van der Waals surface area contributed by atoms with Crippen LogP contribution in [0.3, 0.4) is 0 Å². The third-order valence-corrected chi connectivity index (χ3v) is 17.3. The van der Waals surface area contributed by atoms with E-state index in [2.05, 4.69) is 207 Å². The number of benzene rings is 9. The summed E-state index contributed by atoms with van der Waals surface area (Å²) in [5.74, 6) is 4.13. The minimum atomic E-state index is -0.427. The summed E-state index contributed by atoms with van der Waals surface area (Å²) >= 11 is 0. The lowest BCUT2D eigenvalue weighted by Gasteiger charge is -2.36. The van der Waals surface area contributed by atoms with Gasteiger partial charge in [-0.15, -0.1) is 0 Å². The minimum Gasteiger partial charge on any atom is -0.309 e. The van der Waals surface area contributed by atoms with E-state index in [1.165, 1.54) is 82.7 Å². The van der Waals surface area contributed by atoms with E-state index in [0.717, 1.165) is 45.7 Å². The fourth-order valence-corrected chi connectivity index (χ4v) is 13.1. The van der Waals surface area contributed by atoms with Crippen LogP contribution in [0.4, 0.5) is 0 Å². The monoisotopic (exact) mass is 1030 g/mol. The molecule has 0 fully saturated rings. The first-order valence-corrected chi connectivity index (χ1v) is 27.6. The van der Waals surface area contributed by atoms with Gasteiger partial charge in [0.15, 0.2) is 29.1 Å². The Hall–Kier alpha value is -9.92. The van der Waals surface area contributed by atoms with Gasteiger partial charge in [0.05, 0.1) is 33.4 Å². The van der Waals surface area contributed by atoms with Gasteiger partial charge in [-0.25, -0.2) is 29.9 Å². The van der Waals surface area contributed by atoms with Crippen molar-refractivity contribution in [1.29, 1.82) is 0 Å². The van der Waals surface area contributed by atoms with Crippen molar-refractivity contribution in [3.63, 3.8) is 0 Å². The first-order valence-electron chi connectivity index (χ1n) is 27.6. The molecule has 0 saturated heterocycles. The van der Waals surface area contributed by atoms with Crippen LogP contribution < -0.4 is 0 Å². The molecule has 9 aromatic carbocycles. The van der Waals surface area contributed by atoms with Crippen molar-refractivity contribution in [2.45, 2.75) is 50.9 Å². The molecule has 1 atom stereocenters. The molecule has 0 bridgehead atoms. The van der Waals surface area contributed by atoms with Crippen LogP contribution >= 0.6 is 0 Å². The Bertz CT molecular complexity index is 4740. The first-order chi connectivity index (χ1) is 39.2. The molecule has 1 aliphatic carbocycles. The molecule has 3 aliphatic rings. The van der Waals surface area contributed by atoms with Crippen LogP contribution in [-0.2, 0) is 10.8 Å². The quantitative estimate of drug-likeness (QED) is 0.158. The topological polar surface area (TPSA) is 87.2 Å². The van der Waals surface area contributed by atoms with E-state index in [0.29, 0.717) is 29.1 Å². The maximum Gasteiger partial charge on any atom is 0.164 e. The number of nitrogens with zero attached hydrogens (tertiary/aromatic N) is 8.